The summed E-state index contributed by atoms with van der Waals surface area (Å²) in [7, 11) is -2.33. The molecular formula is C45H51N5O10S. The van der Waals surface area contributed by atoms with E-state index < -0.39 is 68.7 Å². The molecule has 2 aliphatic heterocycles. The molecule has 2 aromatic carbocycles. The number of rotatable bonds is 9. The zero-order valence-electron chi connectivity index (χ0n) is 34.1. The Morgan fingerprint density at radius 1 is 0.934 bits per heavy atom. The number of pyridine rings is 1. The number of allylic oxidation sites excluding steroid dienone is 1. The van der Waals surface area contributed by atoms with Crippen LogP contribution < -0.4 is 24.8 Å². The van der Waals surface area contributed by atoms with Crippen LogP contribution in [0.4, 0.5) is 4.79 Å². The molecule has 322 valence electrons. The summed E-state index contributed by atoms with van der Waals surface area (Å²) in [6.45, 7) is -0.0423. The molecule has 4 amide bonds. The van der Waals surface area contributed by atoms with E-state index in [4.69, 9.17) is 23.6 Å². The first-order valence-electron chi connectivity index (χ1n) is 21.5. The Morgan fingerprint density at radius 2 is 1.70 bits per heavy atom. The molecule has 0 radical (unpaired) electrons. The second kappa shape index (κ2) is 16.7. The van der Waals surface area contributed by atoms with Crippen molar-refractivity contribution in [3.8, 4) is 22.8 Å². The molecule has 1 saturated heterocycles. The van der Waals surface area contributed by atoms with Crippen molar-refractivity contribution in [3.63, 3.8) is 0 Å². The first kappa shape index (κ1) is 40.7. The van der Waals surface area contributed by atoms with Gasteiger partial charge in [-0.05, 0) is 88.5 Å². The number of furan rings is 1. The fourth-order valence-electron chi connectivity index (χ4n) is 9.09. The van der Waals surface area contributed by atoms with E-state index in [0.29, 0.717) is 66.0 Å². The van der Waals surface area contributed by atoms with Crippen molar-refractivity contribution < 1.29 is 46.2 Å². The lowest BCUT2D eigenvalue weighted by Gasteiger charge is -2.30. The van der Waals surface area contributed by atoms with Gasteiger partial charge in [0, 0.05) is 29.4 Å². The van der Waals surface area contributed by atoms with Crippen molar-refractivity contribution in [2.75, 3.05) is 13.7 Å². The number of hydrogen-bond acceptors (Lipinski definition) is 11. The van der Waals surface area contributed by atoms with Crippen LogP contribution in [0.3, 0.4) is 0 Å². The van der Waals surface area contributed by atoms with Gasteiger partial charge in [-0.25, -0.2) is 18.2 Å². The van der Waals surface area contributed by atoms with Crippen LogP contribution in [-0.4, -0.2) is 90.9 Å². The Morgan fingerprint density at radius 3 is 2.51 bits per heavy atom. The van der Waals surface area contributed by atoms with Gasteiger partial charge in [0.25, 0.3) is 5.91 Å². The van der Waals surface area contributed by atoms with E-state index in [0.717, 1.165) is 49.5 Å². The largest absolute Gasteiger partial charge is 0.496 e. The molecule has 0 bridgehead atoms. The number of aromatic nitrogens is 1. The highest BCUT2D eigenvalue weighted by Crippen LogP contribution is 2.46. The number of nitrogens with one attached hydrogen (secondary N) is 3. The average Bonchev–Trinajstić information content (AvgIpc) is 4.06. The van der Waals surface area contributed by atoms with Gasteiger partial charge in [0.15, 0.2) is 11.3 Å². The Labute approximate surface area is 354 Å². The summed E-state index contributed by atoms with van der Waals surface area (Å²) in [5.74, 6) is -1.41. The van der Waals surface area contributed by atoms with Crippen molar-refractivity contribution in [1.82, 2.24) is 25.2 Å². The van der Waals surface area contributed by atoms with Crippen LogP contribution in [0.5, 0.6) is 11.5 Å². The van der Waals surface area contributed by atoms with Crippen LogP contribution in [-0.2, 0) is 29.1 Å². The minimum absolute atomic E-state index is 0.0173. The van der Waals surface area contributed by atoms with Crippen molar-refractivity contribution in [2.45, 2.75) is 119 Å². The van der Waals surface area contributed by atoms with Crippen LogP contribution in [0.1, 0.15) is 83.5 Å². The lowest BCUT2D eigenvalue weighted by molar-refractivity contribution is -0.141. The highest BCUT2D eigenvalue weighted by Gasteiger charge is 2.62. The normalized spacial score (nSPS) is 26.1. The predicted molar refractivity (Wildman–Crippen MR) is 225 cm³/mol. The number of hydrogen-bond donors (Lipinski definition) is 3. The molecule has 3 aliphatic carbocycles. The summed E-state index contributed by atoms with van der Waals surface area (Å²) in [6.07, 6.45) is 9.96. The molecule has 5 atom stereocenters. The van der Waals surface area contributed by atoms with Gasteiger partial charge in [-0.15, -0.1) is 0 Å². The van der Waals surface area contributed by atoms with Crippen molar-refractivity contribution in [3.05, 3.63) is 66.7 Å². The molecule has 0 unspecified atom stereocenters. The summed E-state index contributed by atoms with van der Waals surface area (Å²) in [4.78, 5) is 63.0. The zero-order chi connectivity index (χ0) is 42.3. The molecule has 15 nitrogen and oxygen atoms in total. The molecule has 61 heavy (non-hydrogen) atoms. The van der Waals surface area contributed by atoms with E-state index in [1.54, 1.807) is 13.2 Å². The van der Waals surface area contributed by atoms with E-state index in [1.165, 1.54) is 4.90 Å². The van der Waals surface area contributed by atoms with E-state index in [1.807, 2.05) is 60.7 Å². The number of methoxy groups -OCH3 is 1. The smallest absolute Gasteiger partial charge is 0.408 e. The monoisotopic (exact) mass is 853 g/mol. The SMILES string of the molecule is COc1ccccc1-c1cc(O[C@@H]2C[C@H]3C(=O)N[C@]4(C(=O)NS(=O)(=O)C5CC5)C[C@H]4C=CCCCCC[C@H](NC(=O)OC4CCCC4)C(=O)N3C2)c2oc3ccccc3c2n1. The maximum Gasteiger partial charge on any atom is 0.408 e. The van der Waals surface area contributed by atoms with Gasteiger partial charge in [0.2, 0.25) is 21.8 Å². The second-order valence-electron chi connectivity index (χ2n) is 17.0. The second-order valence-corrected chi connectivity index (χ2v) is 18.9. The number of carbonyl (C=O) groups is 4. The van der Waals surface area contributed by atoms with E-state index in [2.05, 4.69) is 15.4 Å². The Bertz CT molecular complexity index is 2490. The van der Waals surface area contributed by atoms with Gasteiger partial charge in [0.05, 0.1) is 24.6 Å². The molecule has 5 aliphatic rings. The molecule has 4 fully saturated rings. The van der Waals surface area contributed by atoms with Crippen LogP contribution >= 0.6 is 0 Å². The number of alkyl carbamates (subject to hydrolysis) is 1. The van der Waals surface area contributed by atoms with E-state index in [-0.39, 0.29) is 25.5 Å². The summed E-state index contributed by atoms with van der Waals surface area (Å²) < 4.78 is 52.7. The molecule has 16 heteroatoms. The lowest BCUT2D eigenvalue weighted by atomic mass is 10.0. The van der Waals surface area contributed by atoms with Gasteiger partial charge in [-0.3, -0.25) is 19.1 Å². The Balaban J connectivity index is 1.06. The third-order valence-electron chi connectivity index (χ3n) is 12.7. The van der Waals surface area contributed by atoms with Crippen molar-refractivity contribution in [2.24, 2.45) is 5.92 Å². The number of nitrogens with zero attached hydrogens (tertiary/aromatic N) is 2. The maximum absolute atomic E-state index is 14.8. The quantitative estimate of drug-likeness (QED) is 0.166. The molecule has 4 heterocycles. The summed E-state index contributed by atoms with van der Waals surface area (Å²) in [5, 5.41) is 5.88. The number of para-hydroxylation sites is 2. The highest BCUT2D eigenvalue weighted by molar-refractivity contribution is 7.91. The third-order valence-corrected chi connectivity index (χ3v) is 14.5. The van der Waals surface area contributed by atoms with Crippen LogP contribution in [0.25, 0.3) is 33.3 Å². The van der Waals surface area contributed by atoms with Gasteiger partial charge in [-0.1, -0.05) is 49.3 Å². The number of fused-ring (bicyclic) bond motifs is 5. The molecule has 0 spiro atoms. The molecule has 4 aromatic rings. The Kier molecular flexibility index (Phi) is 11.1. The number of carbonyl (C=O) groups excluding carboxylic acids is 4. The summed E-state index contributed by atoms with van der Waals surface area (Å²) in [6, 6.07) is 14.6. The van der Waals surface area contributed by atoms with E-state index >= 15 is 0 Å². The van der Waals surface area contributed by atoms with Crippen molar-refractivity contribution in [1.29, 1.82) is 0 Å². The molecule has 3 saturated carbocycles. The number of ether oxygens (including phenoxy) is 3. The van der Waals surface area contributed by atoms with E-state index in [9.17, 15) is 27.6 Å². The average molecular weight is 854 g/mol. The number of benzene rings is 2. The molecule has 3 N–H and O–H groups in total. The maximum atomic E-state index is 14.8. The lowest BCUT2D eigenvalue weighted by Crippen LogP contribution is -2.58. The van der Waals surface area contributed by atoms with Crippen molar-refractivity contribution >= 4 is 55.9 Å². The highest BCUT2D eigenvalue weighted by atomic mass is 32.2. The summed E-state index contributed by atoms with van der Waals surface area (Å²) in [5.41, 5.74) is 1.28. The predicted octanol–water partition coefficient (Wildman–Crippen LogP) is 6.05. The van der Waals surface area contributed by atoms with Gasteiger partial charge in [0.1, 0.15) is 46.7 Å². The first-order valence-corrected chi connectivity index (χ1v) is 23.0. The van der Waals surface area contributed by atoms with Crippen LogP contribution in [0.2, 0.25) is 0 Å². The molecule has 2 aromatic heterocycles. The first-order chi connectivity index (χ1) is 29.5. The van der Waals surface area contributed by atoms with Gasteiger partial charge in [-0.2, -0.15) is 0 Å². The van der Waals surface area contributed by atoms with Gasteiger partial charge >= 0.3 is 6.09 Å². The van der Waals surface area contributed by atoms with Crippen LogP contribution in [0.15, 0.2) is 71.2 Å². The van der Waals surface area contributed by atoms with Gasteiger partial charge < -0.3 is 34.2 Å². The number of amides is 4. The minimum atomic E-state index is -3.92. The Hall–Kier alpha value is -5.64. The number of sulfonamides is 1. The molecule has 9 rings (SSSR count). The molecular weight excluding hydrogens is 803 g/mol. The fraction of sp³-hybridized carbons (Fsp3) is 0.489. The topological polar surface area (TPSA) is 195 Å². The zero-order valence-corrected chi connectivity index (χ0v) is 34.9. The standard InChI is InChI=1S/C45H51N5O10S/c1-57-36-19-11-9-16-31(36)34-24-38(40-39(46-34)32-17-10-12-20-37(32)60-40)58-29-23-35-41(51)48-45(43(53)49-61(55,56)30-21-22-30)25-27(45)13-5-3-2-4-6-18-33(42(52)50(35)26-29)47-44(54)59-28-14-7-8-15-28/h5,9-13,16-17,19-20,24,27-30,33,35H,2-4,6-8,14-15,18,21-23,25-26H2,1H3,(H,47,54)(H,48,51)(H,49,53)/t27-,29-,33+,35+,45-/m1/s1. The van der Waals surface area contributed by atoms with Crippen LogP contribution in [0, 0.1) is 5.92 Å². The summed E-state index contributed by atoms with van der Waals surface area (Å²) >= 11 is 0. The minimum Gasteiger partial charge on any atom is -0.496 e. The third kappa shape index (κ3) is 8.38. The fourth-order valence-corrected chi connectivity index (χ4v) is 10.5.